The second kappa shape index (κ2) is 4.68. The topological polar surface area (TPSA) is 68.0 Å². The SMILES string of the molecule is Nc1ncc(C(=O)Nc2cccc(F)c2Cl)s1. The number of nitrogen functional groups attached to an aromatic ring is 1. The summed E-state index contributed by atoms with van der Waals surface area (Å²) in [7, 11) is 0. The van der Waals surface area contributed by atoms with Crippen LogP contribution in [0.1, 0.15) is 9.67 Å². The molecule has 0 aliphatic carbocycles. The molecule has 1 aromatic heterocycles. The van der Waals surface area contributed by atoms with Gasteiger partial charge in [-0.2, -0.15) is 0 Å². The van der Waals surface area contributed by atoms with E-state index < -0.39 is 11.7 Å². The molecule has 0 atom stereocenters. The van der Waals surface area contributed by atoms with Crippen molar-refractivity contribution >= 4 is 39.7 Å². The molecule has 17 heavy (non-hydrogen) atoms. The molecular formula is C10H7ClFN3OS. The van der Waals surface area contributed by atoms with Crippen molar-refractivity contribution in [2.24, 2.45) is 0 Å². The number of hydrogen-bond donors (Lipinski definition) is 2. The van der Waals surface area contributed by atoms with E-state index in [-0.39, 0.29) is 10.7 Å². The fraction of sp³-hybridized carbons (Fsp3) is 0. The number of nitrogens with one attached hydrogen (secondary N) is 1. The van der Waals surface area contributed by atoms with Crippen LogP contribution in [0, 0.1) is 5.82 Å². The van der Waals surface area contributed by atoms with Crippen LogP contribution in [0.2, 0.25) is 5.02 Å². The molecule has 2 rings (SSSR count). The Labute approximate surface area is 105 Å². The highest BCUT2D eigenvalue weighted by molar-refractivity contribution is 7.17. The van der Waals surface area contributed by atoms with E-state index >= 15 is 0 Å². The number of nitrogens with two attached hydrogens (primary N) is 1. The first-order chi connectivity index (χ1) is 8.08. The van der Waals surface area contributed by atoms with Gasteiger partial charge in [-0.15, -0.1) is 0 Å². The fourth-order valence-corrected chi connectivity index (χ4v) is 1.93. The van der Waals surface area contributed by atoms with Crippen LogP contribution in [0.3, 0.4) is 0 Å². The molecule has 0 bridgehead atoms. The quantitative estimate of drug-likeness (QED) is 0.882. The second-order valence-corrected chi connectivity index (χ2v) is 4.56. The van der Waals surface area contributed by atoms with E-state index in [1.807, 2.05) is 0 Å². The maximum absolute atomic E-state index is 13.1. The Bertz CT molecular complexity index is 572. The van der Waals surface area contributed by atoms with E-state index in [0.29, 0.717) is 10.0 Å². The minimum absolute atomic E-state index is 0.127. The van der Waals surface area contributed by atoms with Crippen LogP contribution in [-0.4, -0.2) is 10.9 Å². The van der Waals surface area contributed by atoms with Crippen LogP contribution in [0.25, 0.3) is 0 Å². The van der Waals surface area contributed by atoms with Crippen molar-refractivity contribution in [3.05, 3.63) is 40.1 Å². The molecular weight excluding hydrogens is 265 g/mol. The smallest absolute Gasteiger partial charge is 0.267 e. The third-order valence-corrected chi connectivity index (χ3v) is 3.16. The van der Waals surface area contributed by atoms with Crippen molar-refractivity contribution in [1.29, 1.82) is 0 Å². The Balaban J connectivity index is 2.21. The summed E-state index contributed by atoms with van der Waals surface area (Å²) in [5.74, 6) is -1.01. The van der Waals surface area contributed by atoms with Gasteiger partial charge in [0.25, 0.3) is 5.91 Å². The molecule has 1 amide bonds. The molecule has 4 nitrogen and oxygen atoms in total. The van der Waals surface area contributed by atoms with E-state index in [2.05, 4.69) is 10.3 Å². The van der Waals surface area contributed by atoms with Gasteiger partial charge < -0.3 is 11.1 Å². The highest BCUT2D eigenvalue weighted by atomic mass is 35.5. The monoisotopic (exact) mass is 271 g/mol. The average molecular weight is 272 g/mol. The van der Waals surface area contributed by atoms with Crippen LogP contribution < -0.4 is 11.1 Å². The van der Waals surface area contributed by atoms with E-state index in [4.69, 9.17) is 17.3 Å². The summed E-state index contributed by atoms with van der Waals surface area (Å²) in [6, 6.07) is 4.17. The Morgan fingerprint density at radius 2 is 2.29 bits per heavy atom. The zero-order valence-corrected chi connectivity index (χ0v) is 9.98. The first-order valence-corrected chi connectivity index (χ1v) is 5.74. The normalized spacial score (nSPS) is 10.2. The number of aromatic nitrogens is 1. The number of nitrogens with zero attached hydrogens (tertiary/aromatic N) is 1. The van der Waals surface area contributed by atoms with Gasteiger partial charge in [0, 0.05) is 0 Å². The zero-order chi connectivity index (χ0) is 12.4. The molecule has 0 spiro atoms. The number of thiazole rings is 1. The predicted octanol–water partition coefficient (Wildman–Crippen LogP) is 2.77. The van der Waals surface area contributed by atoms with Gasteiger partial charge in [-0.1, -0.05) is 29.0 Å². The van der Waals surface area contributed by atoms with Crippen molar-refractivity contribution in [1.82, 2.24) is 4.98 Å². The molecule has 0 fully saturated rings. The maximum atomic E-state index is 13.1. The minimum Gasteiger partial charge on any atom is -0.375 e. The zero-order valence-electron chi connectivity index (χ0n) is 8.41. The van der Waals surface area contributed by atoms with Crippen LogP contribution in [-0.2, 0) is 0 Å². The number of benzene rings is 1. The van der Waals surface area contributed by atoms with Gasteiger partial charge in [-0.05, 0) is 12.1 Å². The summed E-state index contributed by atoms with van der Waals surface area (Å²) in [6.07, 6.45) is 1.35. The van der Waals surface area contributed by atoms with Gasteiger partial charge in [-0.3, -0.25) is 4.79 Å². The van der Waals surface area contributed by atoms with E-state index in [1.165, 1.54) is 24.4 Å². The highest BCUT2D eigenvalue weighted by Gasteiger charge is 2.12. The van der Waals surface area contributed by atoms with Crippen LogP contribution in [0.15, 0.2) is 24.4 Å². The number of anilines is 2. The second-order valence-electron chi connectivity index (χ2n) is 3.12. The van der Waals surface area contributed by atoms with Crippen molar-refractivity contribution in [3.8, 4) is 0 Å². The number of carbonyl (C=O) groups excluding carboxylic acids is 1. The first-order valence-electron chi connectivity index (χ1n) is 4.54. The predicted molar refractivity (Wildman–Crippen MR) is 65.9 cm³/mol. The molecule has 7 heteroatoms. The lowest BCUT2D eigenvalue weighted by molar-refractivity contribution is 0.103. The number of amides is 1. The van der Waals surface area contributed by atoms with Gasteiger partial charge in [0.2, 0.25) is 0 Å². The largest absolute Gasteiger partial charge is 0.375 e. The fourth-order valence-electron chi connectivity index (χ4n) is 1.18. The number of carbonyl (C=O) groups is 1. The number of rotatable bonds is 2. The third kappa shape index (κ3) is 2.54. The molecule has 2 aromatic rings. The van der Waals surface area contributed by atoms with Gasteiger partial charge in [0.1, 0.15) is 10.7 Å². The van der Waals surface area contributed by atoms with Gasteiger partial charge in [0.05, 0.1) is 16.9 Å². The molecule has 0 saturated carbocycles. The van der Waals surface area contributed by atoms with Gasteiger partial charge in [-0.25, -0.2) is 9.37 Å². The summed E-state index contributed by atoms with van der Waals surface area (Å²) in [5, 5.41) is 2.65. The third-order valence-electron chi connectivity index (χ3n) is 1.95. The Morgan fingerprint density at radius 1 is 1.53 bits per heavy atom. The molecule has 0 radical (unpaired) electrons. The molecule has 3 N–H and O–H groups in total. The molecule has 88 valence electrons. The van der Waals surface area contributed by atoms with Gasteiger partial charge >= 0.3 is 0 Å². The standard InChI is InChI=1S/C10H7ClFN3OS/c11-8-5(12)2-1-3-6(8)15-9(16)7-4-14-10(13)17-7/h1-4H,(H2,13,14)(H,15,16). The maximum Gasteiger partial charge on any atom is 0.267 e. The van der Waals surface area contributed by atoms with Gasteiger partial charge in [0.15, 0.2) is 5.13 Å². The summed E-state index contributed by atoms with van der Waals surface area (Å²) >= 11 is 6.75. The van der Waals surface area contributed by atoms with Crippen molar-refractivity contribution in [2.45, 2.75) is 0 Å². The summed E-state index contributed by atoms with van der Waals surface area (Å²) in [4.78, 5) is 15.8. The molecule has 1 aromatic carbocycles. The summed E-state index contributed by atoms with van der Waals surface area (Å²) in [5.41, 5.74) is 5.62. The van der Waals surface area contributed by atoms with Crippen molar-refractivity contribution in [3.63, 3.8) is 0 Å². The lowest BCUT2D eigenvalue weighted by Gasteiger charge is -2.05. The first kappa shape index (κ1) is 11.8. The Hall–Kier alpha value is -1.66. The van der Waals surface area contributed by atoms with Crippen molar-refractivity contribution in [2.75, 3.05) is 11.1 Å². The lowest BCUT2D eigenvalue weighted by Crippen LogP contribution is -2.10. The summed E-state index contributed by atoms with van der Waals surface area (Å²) < 4.78 is 13.1. The molecule has 0 aliphatic rings. The molecule has 0 aliphatic heterocycles. The lowest BCUT2D eigenvalue weighted by atomic mass is 10.3. The number of hydrogen-bond acceptors (Lipinski definition) is 4. The molecule has 0 saturated heterocycles. The number of halogens is 2. The summed E-state index contributed by atoms with van der Waals surface area (Å²) in [6.45, 7) is 0. The Kier molecular flexibility index (Phi) is 3.26. The highest BCUT2D eigenvalue weighted by Crippen LogP contribution is 2.25. The van der Waals surface area contributed by atoms with Crippen molar-refractivity contribution < 1.29 is 9.18 Å². The van der Waals surface area contributed by atoms with E-state index in [0.717, 1.165) is 11.3 Å². The Morgan fingerprint density at radius 3 is 2.94 bits per heavy atom. The molecule has 0 unspecified atom stereocenters. The van der Waals surface area contributed by atoms with E-state index in [1.54, 1.807) is 0 Å². The van der Waals surface area contributed by atoms with Crippen LogP contribution in [0.5, 0.6) is 0 Å². The minimum atomic E-state index is -0.590. The van der Waals surface area contributed by atoms with E-state index in [9.17, 15) is 9.18 Å². The van der Waals surface area contributed by atoms with Crippen LogP contribution in [0.4, 0.5) is 15.2 Å². The molecule has 1 heterocycles. The van der Waals surface area contributed by atoms with Crippen LogP contribution >= 0.6 is 22.9 Å². The average Bonchev–Trinajstić information content (AvgIpc) is 2.72.